The molecule has 0 radical (unpaired) electrons. The topological polar surface area (TPSA) is 26.0 Å². The van der Waals surface area contributed by atoms with E-state index in [1.54, 1.807) is 0 Å². The molecule has 0 aliphatic carbocycles. The molecule has 0 amide bonds. The summed E-state index contributed by atoms with van der Waals surface area (Å²) in [5.41, 5.74) is 5.40. The molecule has 0 atom stereocenters. The van der Waals surface area contributed by atoms with E-state index in [0.717, 1.165) is 6.42 Å². The van der Waals surface area contributed by atoms with Crippen molar-refractivity contribution in [2.75, 3.05) is 0 Å². The summed E-state index contributed by atoms with van der Waals surface area (Å²) in [6, 6.07) is 0. The summed E-state index contributed by atoms with van der Waals surface area (Å²) in [5, 5.41) is 0. The third-order valence-electron chi connectivity index (χ3n) is 0.644. The molecule has 0 unspecified atom stereocenters. The Morgan fingerprint density at radius 1 is 1.57 bits per heavy atom. The van der Waals surface area contributed by atoms with Crippen LogP contribution in [0.3, 0.4) is 0 Å². The smallest absolute Gasteiger partial charge is 0.342 e. The second-order valence-corrected chi connectivity index (χ2v) is 2.24. The predicted molar refractivity (Wildman–Crippen MR) is 28.2 cm³/mol. The van der Waals surface area contributed by atoms with Gasteiger partial charge in [-0.05, 0) is 19.4 Å². The van der Waals surface area contributed by atoms with Crippen molar-refractivity contribution in [2.45, 2.75) is 25.8 Å². The zero-order valence-electron chi connectivity index (χ0n) is 5.49. The molecule has 0 saturated heterocycles. The fourth-order valence-corrected chi connectivity index (χ4v) is 0. The van der Waals surface area contributed by atoms with Gasteiger partial charge in [0.25, 0.3) is 0 Å². The summed E-state index contributed by atoms with van der Waals surface area (Å²) >= 11 is 0. The van der Waals surface area contributed by atoms with E-state index in [-0.39, 0.29) is 24.4 Å². The van der Waals surface area contributed by atoms with Crippen LogP contribution in [0.5, 0.6) is 0 Å². The Labute approximate surface area is 57.8 Å². The molecule has 2 heteroatoms. The molecular formula is C5H12LiN. The third-order valence-corrected chi connectivity index (χ3v) is 0.644. The van der Waals surface area contributed by atoms with Gasteiger partial charge in [0.2, 0.25) is 0 Å². The van der Waals surface area contributed by atoms with E-state index in [9.17, 15) is 0 Å². The van der Waals surface area contributed by atoms with Gasteiger partial charge >= 0.3 is 18.9 Å². The molecule has 0 aromatic carbocycles. The van der Waals surface area contributed by atoms with Crippen molar-refractivity contribution in [3.8, 4) is 0 Å². The normalized spacial score (nSPS) is 10.3. The minimum Gasteiger partial charge on any atom is -0.342 e. The molecule has 0 heterocycles. The molecule has 0 rings (SSSR count). The van der Waals surface area contributed by atoms with Crippen LogP contribution in [0.25, 0.3) is 0 Å². The molecule has 38 valence electrons. The van der Waals surface area contributed by atoms with Crippen molar-refractivity contribution < 1.29 is 18.9 Å². The molecule has 0 aromatic rings. The van der Waals surface area contributed by atoms with Gasteiger partial charge in [-0.25, -0.2) is 0 Å². The Kier molecular flexibility index (Phi) is 5.33. The van der Waals surface area contributed by atoms with Crippen LogP contribution < -0.4 is 24.6 Å². The van der Waals surface area contributed by atoms with Gasteiger partial charge in [-0.3, -0.25) is 0 Å². The van der Waals surface area contributed by atoms with E-state index in [0.29, 0.717) is 0 Å². The maximum absolute atomic E-state index is 5.47. The molecule has 1 nitrogen and oxygen atoms in total. The van der Waals surface area contributed by atoms with Crippen LogP contribution in [-0.2, 0) is 0 Å². The van der Waals surface area contributed by atoms with Crippen molar-refractivity contribution in [1.29, 1.82) is 0 Å². The first-order valence-corrected chi connectivity index (χ1v) is 2.14. The maximum Gasteiger partial charge on any atom is 1.00 e. The monoisotopic (exact) mass is 93.1 g/mol. The van der Waals surface area contributed by atoms with Crippen molar-refractivity contribution in [2.24, 2.45) is 5.73 Å². The summed E-state index contributed by atoms with van der Waals surface area (Å²) in [4.78, 5) is 0. The fourth-order valence-electron chi connectivity index (χ4n) is 0. The van der Waals surface area contributed by atoms with Crippen LogP contribution in [0.15, 0.2) is 0 Å². The number of nitrogens with two attached hydrogens (primary N) is 1. The second-order valence-electron chi connectivity index (χ2n) is 2.24. The summed E-state index contributed by atoms with van der Waals surface area (Å²) in [7, 11) is 0. The molecule has 0 aliphatic rings. The number of rotatable bonds is 1. The first kappa shape index (κ1) is 10.5. The van der Waals surface area contributed by atoms with Crippen molar-refractivity contribution >= 4 is 0 Å². The Balaban J connectivity index is 0. The zero-order chi connectivity index (χ0) is 5.21. The molecular weight excluding hydrogens is 81.0 g/mol. The molecule has 0 bridgehead atoms. The molecule has 0 spiro atoms. The van der Waals surface area contributed by atoms with Gasteiger partial charge in [-0.1, -0.05) is 0 Å². The Morgan fingerprint density at radius 3 is 1.71 bits per heavy atom. The SMILES string of the molecule is [CH2-]CC(C)(C)N.[Li+]. The van der Waals surface area contributed by atoms with E-state index in [4.69, 9.17) is 5.73 Å². The van der Waals surface area contributed by atoms with Crippen molar-refractivity contribution in [3.63, 3.8) is 0 Å². The van der Waals surface area contributed by atoms with E-state index in [2.05, 4.69) is 6.92 Å². The molecule has 2 N–H and O–H groups in total. The van der Waals surface area contributed by atoms with Gasteiger partial charge in [-0.2, -0.15) is 6.42 Å². The van der Waals surface area contributed by atoms with Crippen molar-refractivity contribution in [3.05, 3.63) is 6.92 Å². The van der Waals surface area contributed by atoms with Crippen LogP contribution in [-0.4, -0.2) is 5.54 Å². The van der Waals surface area contributed by atoms with Crippen LogP contribution >= 0.6 is 0 Å². The second kappa shape index (κ2) is 3.55. The van der Waals surface area contributed by atoms with Gasteiger partial charge in [-0.15, -0.1) is 0 Å². The first-order chi connectivity index (χ1) is 2.56. The summed E-state index contributed by atoms with van der Waals surface area (Å²) in [5.74, 6) is 0. The summed E-state index contributed by atoms with van der Waals surface area (Å²) in [6.07, 6.45) is 0.799. The van der Waals surface area contributed by atoms with E-state index < -0.39 is 0 Å². The van der Waals surface area contributed by atoms with E-state index in [1.165, 1.54) is 0 Å². The first-order valence-electron chi connectivity index (χ1n) is 2.14. The predicted octanol–water partition coefficient (Wildman–Crippen LogP) is -2.05. The largest absolute Gasteiger partial charge is 1.00 e. The molecule has 7 heavy (non-hydrogen) atoms. The van der Waals surface area contributed by atoms with E-state index >= 15 is 0 Å². The van der Waals surface area contributed by atoms with Crippen LogP contribution in [0.1, 0.15) is 20.3 Å². The zero-order valence-corrected chi connectivity index (χ0v) is 5.49. The van der Waals surface area contributed by atoms with Gasteiger partial charge in [0.05, 0.1) is 0 Å². The minimum atomic E-state index is -0.0694. The van der Waals surface area contributed by atoms with Gasteiger partial charge in [0.1, 0.15) is 0 Å². The Hall–Kier alpha value is 0.557. The van der Waals surface area contributed by atoms with E-state index in [1.807, 2.05) is 13.8 Å². The summed E-state index contributed by atoms with van der Waals surface area (Å²) < 4.78 is 0. The van der Waals surface area contributed by atoms with Crippen molar-refractivity contribution in [1.82, 2.24) is 0 Å². The van der Waals surface area contributed by atoms with Crippen LogP contribution in [0.4, 0.5) is 0 Å². The van der Waals surface area contributed by atoms with Gasteiger partial charge < -0.3 is 12.7 Å². The standard InChI is InChI=1S/C5H12N.Li/c1-4-5(2,3)6;/h1,4,6H2,2-3H3;/q-1;+1. The average molecular weight is 93.1 g/mol. The quantitative estimate of drug-likeness (QED) is 0.293. The third kappa shape index (κ3) is 10.8. The number of hydrogen-bond acceptors (Lipinski definition) is 1. The van der Waals surface area contributed by atoms with Gasteiger partial charge in [0.15, 0.2) is 0 Å². The molecule has 0 saturated carbocycles. The average Bonchev–Trinajstić information content (AvgIpc) is 1.35. The fraction of sp³-hybridized carbons (Fsp3) is 0.800. The molecule has 0 aliphatic heterocycles. The Bertz CT molecular complexity index is 37.8. The van der Waals surface area contributed by atoms with Gasteiger partial charge in [0, 0.05) is 0 Å². The summed E-state index contributed by atoms with van der Waals surface area (Å²) in [6.45, 7) is 7.55. The minimum absolute atomic E-state index is 0. The number of hydrogen-bond donors (Lipinski definition) is 1. The Morgan fingerprint density at radius 2 is 1.71 bits per heavy atom. The molecule has 0 aromatic heterocycles. The molecule has 0 fully saturated rings. The maximum atomic E-state index is 5.47. The van der Waals surface area contributed by atoms with Crippen LogP contribution in [0, 0.1) is 6.92 Å². The van der Waals surface area contributed by atoms with Crippen LogP contribution in [0.2, 0.25) is 0 Å².